The van der Waals surface area contributed by atoms with Crippen LogP contribution >= 0.6 is 0 Å². The smallest absolute Gasteiger partial charge is 0.358 e. The summed E-state index contributed by atoms with van der Waals surface area (Å²) >= 11 is 0. The molecule has 0 bridgehead atoms. The molecule has 8 nitrogen and oxygen atoms in total. The molecular weight excluding hydrogens is 272 g/mol. The van der Waals surface area contributed by atoms with Gasteiger partial charge in [0.1, 0.15) is 0 Å². The predicted molar refractivity (Wildman–Crippen MR) is 71.0 cm³/mol. The largest absolute Gasteiger partial charge is 0.476 e. The van der Waals surface area contributed by atoms with Crippen molar-refractivity contribution in [1.29, 1.82) is 0 Å². The van der Waals surface area contributed by atoms with Crippen molar-refractivity contribution < 1.29 is 9.90 Å². The lowest BCUT2D eigenvalue weighted by molar-refractivity contribution is 0.0690. The molecule has 21 heavy (non-hydrogen) atoms. The first kappa shape index (κ1) is 12.0. The molecular formula is C13H12N6O2. The van der Waals surface area contributed by atoms with E-state index in [9.17, 15) is 4.79 Å². The van der Waals surface area contributed by atoms with E-state index in [1.165, 1.54) is 29.3 Å². The predicted octanol–water partition coefficient (Wildman–Crippen LogP) is 0.945. The molecule has 0 saturated heterocycles. The van der Waals surface area contributed by atoms with E-state index in [1.807, 2.05) is 18.5 Å². The topological polar surface area (TPSA) is 98.2 Å². The third-order valence-electron chi connectivity index (χ3n) is 3.51. The molecule has 1 N–H and O–H groups in total. The summed E-state index contributed by atoms with van der Waals surface area (Å²) in [5, 5.41) is 20.6. The lowest BCUT2D eigenvalue weighted by Crippen LogP contribution is -2.01. The van der Waals surface area contributed by atoms with Crippen molar-refractivity contribution in [2.75, 3.05) is 0 Å². The van der Waals surface area contributed by atoms with Crippen molar-refractivity contribution in [1.82, 2.24) is 29.6 Å². The van der Waals surface area contributed by atoms with Crippen LogP contribution in [-0.2, 0) is 6.54 Å². The maximum absolute atomic E-state index is 10.8. The van der Waals surface area contributed by atoms with Crippen molar-refractivity contribution in [3.63, 3.8) is 0 Å². The zero-order valence-corrected chi connectivity index (χ0v) is 11.0. The number of hydrogen-bond acceptors (Lipinski definition) is 5. The Kier molecular flexibility index (Phi) is 2.50. The van der Waals surface area contributed by atoms with Gasteiger partial charge in [-0.25, -0.2) is 19.0 Å². The van der Waals surface area contributed by atoms with Gasteiger partial charge >= 0.3 is 5.97 Å². The molecule has 8 heteroatoms. The summed E-state index contributed by atoms with van der Waals surface area (Å²) in [5.74, 6) is -0.463. The zero-order chi connectivity index (χ0) is 14.4. The molecule has 0 spiro atoms. The number of carbonyl (C=O) groups is 1. The van der Waals surface area contributed by atoms with Gasteiger partial charge in [0.2, 0.25) is 0 Å². The number of nitrogens with zero attached hydrogens (tertiary/aromatic N) is 6. The van der Waals surface area contributed by atoms with Gasteiger partial charge in [-0.15, -0.1) is 5.10 Å². The van der Waals surface area contributed by atoms with E-state index in [4.69, 9.17) is 5.11 Å². The van der Waals surface area contributed by atoms with Crippen LogP contribution in [0.25, 0.3) is 5.65 Å². The SMILES string of the molecule is O=C(O)c1cn(Cc2cc3ncc(C4CC4)cn3n2)nn1. The Morgan fingerprint density at radius 2 is 2.24 bits per heavy atom. The van der Waals surface area contributed by atoms with Gasteiger partial charge in [0, 0.05) is 18.5 Å². The Labute approximate surface area is 119 Å². The maximum Gasteiger partial charge on any atom is 0.358 e. The Morgan fingerprint density at radius 1 is 1.38 bits per heavy atom. The Morgan fingerprint density at radius 3 is 2.95 bits per heavy atom. The van der Waals surface area contributed by atoms with Crippen molar-refractivity contribution in [3.8, 4) is 0 Å². The number of aromatic nitrogens is 6. The minimum atomic E-state index is -1.09. The maximum atomic E-state index is 10.8. The van der Waals surface area contributed by atoms with Gasteiger partial charge in [0.25, 0.3) is 0 Å². The van der Waals surface area contributed by atoms with Crippen LogP contribution in [0.15, 0.2) is 24.7 Å². The van der Waals surface area contributed by atoms with E-state index in [0.29, 0.717) is 12.5 Å². The van der Waals surface area contributed by atoms with E-state index < -0.39 is 5.97 Å². The summed E-state index contributed by atoms with van der Waals surface area (Å²) in [6.45, 7) is 0.363. The normalized spacial score (nSPS) is 14.7. The lowest BCUT2D eigenvalue weighted by Gasteiger charge is -1.97. The number of rotatable bonds is 4. The van der Waals surface area contributed by atoms with Gasteiger partial charge in [0.15, 0.2) is 11.3 Å². The summed E-state index contributed by atoms with van der Waals surface area (Å²) in [6.07, 6.45) is 7.73. The number of carboxylic acid groups (broad SMARTS) is 1. The highest BCUT2D eigenvalue weighted by Crippen LogP contribution is 2.39. The monoisotopic (exact) mass is 284 g/mol. The van der Waals surface area contributed by atoms with Crippen molar-refractivity contribution in [2.24, 2.45) is 0 Å². The minimum Gasteiger partial charge on any atom is -0.476 e. The molecule has 0 aromatic carbocycles. The molecule has 1 fully saturated rings. The average Bonchev–Trinajstić information content (AvgIpc) is 3.07. The summed E-state index contributed by atoms with van der Waals surface area (Å²) in [7, 11) is 0. The van der Waals surface area contributed by atoms with E-state index in [2.05, 4.69) is 20.4 Å². The molecule has 1 aliphatic rings. The van der Waals surface area contributed by atoms with E-state index in [-0.39, 0.29) is 5.69 Å². The highest BCUT2D eigenvalue weighted by Gasteiger charge is 2.24. The van der Waals surface area contributed by atoms with Crippen LogP contribution in [0, 0.1) is 0 Å². The van der Waals surface area contributed by atoms with Crippen LogP contribution in [0.1, 0.15) is 40.5 Å². The fourth-order valence-electron chi connectivity index (χ4n) is 2.28. The fraction of sp³-hybridized carbons (Fsp3) is 0.308. The highest BCUT2D eigenvalue weighted by atomic mass is 16.4. The molecule has 3 aromatic rings. The third kappa shape index (κ3) is 2.24. The van der Waals surface area contributed by atoms with Gasteiger partial charge in [0.05, 0.1) is 18.4 Å². The van der Waals surface area contributed by atoms with Crippen LogP contribution in [-0.4, -0.2) is 40.7 Å². The fourth-order valence-corrected chi connectivity index (χ4v) is 2.28. The van der Waals surface area contributed by atoms with Gasteiger partial charge in [-0.3, -0.25) is 0 Å². The Hall–Kier alpha value is -2.77. The number of fused-ring (bicyclic) bond motifs is 1. The van der Waals surface area contributed by atoms with E-state index in [1.54, 1.807) is 4.52 Å². The average molecular weight is 284 g/mol. The molecule has 106 valence electrons. The molecule has 3 heterocycles. The first-order valence-electron chi connectivity index (χ1n) is 6.67. The first-order chi connectivity index (χ1) is 10.2. The highest BCUT2D eigenvalue weighted by molar-refractivity contribution is 5.84. The summed E-state index contributed by atoms with van der Waals surface area (Å²) in [5.41, 5.74) is 2.67. The molecule has 1 saturated carbocycles. The van der Waals surface area contributed by atoms with Crippen LogP contribution in [0.2, 0.25) is 0 Å². The molecule has 0 unspecified atom stereocenters. The van der Waals surface area contributed by atoms with Crippen LogP contribution in [0.3, 0.4) is 0 Å². The number of hydrogen-bond donors (Lipinski definition) is 1. The quantitative estimate of drug-likeness (QED) is 0.765. The van der Waals surface area contributed by atoms with Gasteiger partial charge in [-0.2, -0.15) is 5.10 Å². The molecule has 0 atom stereocenters. The molecule has 3 aromatic heterocycles. The standard InChI is InChI=1S/C13H12N6O2/c20-13(21)11-7-18(17-15-11)6-10-3-12-14-4-9(8-1-2-8)5-19(12)16-10/h3-5,7-8H,1-2,6H2,(H,20,21). The van der Waals surface area contributed by atoms with Crippen molar-refractivity contribution in [2.45, 2.75) is 25.3 Å². The number of aromatic carboxylic acids is 1. The second-order valence-corrected chi connectivity index (χ2v) is 5.21. The van der Waals surface area contributed by atoms with Crippen molar-refractivity contribution in [3.05, 3.63) is 41.6 Å². The van der Waals surface area contributed by atoms with Gasteiger partial charge < -0.3 is 5.11 Å². The Balaban J connectivity index is 1.61. The van der Waals surface area contributed by atoms with Gasteiger partial charge in [-0.05, 0) is 24.3 Å². The van der Waals surface area contributed by atoms with E-state index >= 15 is 0 Å². The molecule has 4 rings (SSSR count). The lowest BCUT2D eigenvalue weighted by atomic mass is 10.2. The second-order valence-electron chi connectivity index (χ2n) is 5.21. The number of carboxylic acids is 1. The zero-order valence-electron chi connectivity index (χ0n) is 11.0. The van der Waals surface area contributed by atoms with Crippen LogP contribution < -0.4 is 0 Å². The summed E-state index contributed by atoms with van der Waals surface area (Å²) in [4.78, 5) is 15.2. The second kappa shape index (κ2) is 4.37. The summed E-state index contributed by atoms with van der Waals surface area (Å²) in [6, 6.07) is 1.86. The molecule has 0 aliphatic heterocycles. The minimum absolute atomic E-state index is 0.0760. The van der Waals surface area contributed by atoms with Crippen LogP contribution in [0.5, 0.6) is 0 Å². The Bertz CT molecular complexity index is 832. The molecule has 0 radical (unpaired) electrons. The first-order valence-corrected chi connectivity index (χ1v) is 6.67. The molecule has 0 amide bonds. The van der Waals surface area contributed by atoms with Crippen LogP contribution in [0.4, 0.5) is 0 Å². The van der Waals surface area contributed by atoms with E-state index in [0.717, 1.165) is 11.3 Å². The summed E-state index contributed by atoms with van der Waals surface area (Å²) < 4.78 is 3.21. The van der Waals surface area contributed by atoms with Crippen molar-refractivity contribution >= 4 is 11.6 Å². The molecule has 1 aliphatic carbocycles. The van der Waals surface area contributed by atoms with Gasteiger partial charge in [-0.1, -0.05) is 5.21 Å². The third-order valence-corrected chi connectivity index (χ3v) is 3.51.